The molecular weight excluding hydrogens is 579 g/mol. The number of hydrogen-bond acceptors (Lipinski definition) is 5. The lowest BCUT2D eigenvalue weighted by atomic mass is 9.68. The smallest absolute Gasteiger partial charge is 0.453 e. The molecule has 2 aromatic carbocycles. The van der Waals surface area contributed by atoms with E-state index in [1.165, 1.54) is 27.8 Å². The third-order valence-corrected chi connectivity index (χ3v) is 10.3. The number of benzene rings is 2. The maximum absolute atomic E-state index is 12.9. The molecule has 0 N–H and O–H groups in total. The molecule has 230 valence electrons. The molecular formula is C31H41F5O3S2. The first-order valence-electron chi connectivity index (χ1n) is 14.1. The molecule has 1 heterocycles. The van der Waals surface area contributed by atoms with Gasteiger partial charge in [-0.05, 0) is 84.9 Å². The molecule has 0 unspecified atom stereocenters. The Balaban J connectivity index is 1.40. The van der Waals surface area contributed by atoms with Gasteiger partial charge in [0.05, 0.1) is 14.2 Å². The molecule has 1 aliphatic rings. The zero-order valence-electron chi connectivity index (χ0n) is 24.0. The van der Waals surface area contributed by atoms with E-state index in [2.05, 4.69) is 31.2 Å². The Labute approximate surface area is 249 Å². The number of fused-ring (bicyclic) bond motifs is 1. The van der Waals surface area contributed by atoms with Gasteiger partial charge in [-0.1, -0.05) is 31.5 Å². The summed E-state index contributed by atoms with van der Waals surface area (Å²) < 4.78 is 79.2. The third-order valence-electron chi connectivity index (χ3n) is 7.70. The molecule has 10 heteroatoms. The van der Waals surface area contributed by atoms with Crippen LogP contribution in [0.1, 0.15) is 68.9 Å². The molecule has 3 nitrogen and oxygen atoms in total. The van der Waals surface area contributed by atoms with Gasteiger partial charge in [-0.2, -0.15) is 33.7 Å². The average molecular weight is 621 g/mol. The van der Waals surface area contributed by atoms with Crippen molar-refractivity contribution in [2.75, 3.05) is 44.7 Å². The molecule has 0 amide bonds. The Morgan fingerprint density at radius 1 is 0.854 bits per heavy atom. The Hall–Kier alpha value is -1.65. The van der Waals surface area contributed by atoms with Crippen LogP contribution >= 0.6 is 23.5 Å². The van der Waals surface area contributed by atoms with Gasteiger partial charge in [-0.3, -0.25) is 0 Å². The van der Waals surface area contributed by atoms with Crippen LogP contribution in [0, 0.1) is 0 Å². The normalized spacial score (nSPS) is 19.2. The molecule has 1 aliphatic heterocycles. The molecule has 0 saturated carbocycles. The van der Waals surface area contributed by atoms with Gasteiger partial charge in [0.25, 0.3) is 0 Å². The standard InChI is InChI=1S/C31H41F5O3S2/c1-29(23-10-12-24(37-2)13-11-23)22-41-28-21-25(38-3)14-15-26(28)27(29)9-7-18-39-17-5-4-6-19-40-20-8-16-30(32,33)31(34,35)36/h10-15,21,27H,4-9,16-20,22H2,1-3H3/t27-,29-/m1/s1. The van der Waals surface area contributed by atoms with Crippen molar-refractivity contribution in [3.63, 3.8) is 0 Å². The summed E-state index contributed by atoms with van der Waals surface area (Å²) in [4.78, 5) is 1.27. The van der Waals surface area contributed by atoms with Gasteiger partial charge in [-0.25, -0.2) is 0 Å². The number of unbranched alkanes of at least 4 members (excludes halogenated alkanes) is 2. The molecule has 0 fully saturated rings. The highest BCUT2D eigenvalue weighted by Gasteiger charge is 2.56. The predicted molar refractivity (Wildman–Crippen MR) is 158 cm³/mol. The second-order valence-corrected chi connectivity index (χ2v) is 12.9. The fourth-order valence-corrected chi connectivity index (χ4v) is 7.53. The first kappa shape index (κ1) is 33.8. The second-order valence-electron chi connectivity index (χ2n) is 10.6. The summed E-state index contributed by atoms with van der Waals surface area (Å²) in [6.45, 7) is 3.68. The highest BCUT2D eigenvalue weighted by Crippen LogP contribution is 2.52. The third kappa shape index (κ3) is 9.42. The Kier molecular flexibility index (Phi) is 13.0. The van der Waals surface area contributed by atoms with Crippen molar-refractivity contribution in [2.45, 2.75) is 80.2 Å². The topological polar surface area (TPSA) is 27.7 Å². The van der Waals surface area contributed by atoms with Crippen LogP contribution in [0.3, 0.4) is 0 Å². The van der Waals surface area contributed by atoms with Crippen molar-refractivity contribution < 1.29 is 36.2 Å². The molecule has 0 aliphatic carbocycles. The van der Waals surface area contributed by atoms with Crippen LogP contribution in [0.5, 0.6) is 11.5 Å². The lowest BCUT2D eigenvalue weighted by molar-refractivity contribution is -0.284. The van der Waals surface area contributed by atoms with Crippen molar-refractivity contribution in [3.05, 3.63) is 53.6 Å². The van der Waals surface area contributed by atoms with Crippen LogP contribution in [-0.2, 0) is 10.2 Å². The summed E-state index contributed by atoms with van der Waals surface area (Å²) in [7, 11) is 3.37. The van der Waals surface area contributed by atoms with E-state index in [4.69, 9.17) is 14.2 Å². The summed E-state index contributed by atoms with van der Waals surface area (Å²) in [5, 5.41) is 0. The summed E-state index contributed by atoms with van der Waals surface area (Å²) in [6.07, 6.45) is -2.08. The minimum absolute atomic E-state index is 0.0428. The lowest BCUT2D eigenvalue weighted by Gasteiger charge is -2.43. The zero-order chi connectivity index (χ0) is 29.9. The summed E-state index contributed by atoms with van der Waals surface area (Å²) in [6, 6.07) is 14.8. The monoisotopic (exact) mass is 620 g/mol. The number of rotatable bonds is 17. The number of ether oxygens (including phenoxy) is 3. The van der Waals surface area contributed by atoms with Gasteiger partial charge >= 0.3 is 12.1 Å². The van der Waals surface area contributed by atoms with Gasteiger partial charge in [0.2, 0.25) is 0 Å². The molecule has 2 aromatic rings. The van der Waals surface area contributed by atoms with E-state index >= 15 is 0 Å². The maximum atomic E-state index is 12.9. The van der Waals surface area contributed by atoms with Crippen molar-refractivity contribution in [1.82, 2.24) is 0 Å². The highest BCUT2D eigenvalue weighted by molar-refractivity contribution is 7.99. The summed E-state index contributed by atoms with van der Waals surface area (Å²) in [5.74, 6) is -0.513. The number of thioether (sulfide) groups is 2. The zero-order valence-corrected chi connectivity index (χ0v) is 25.7. The van der Waals surface area contributed by atoms with Gasteiger partial charge in [0.1, 0.15) is 11.5 Å². The van der Waals surface area contributed by atoms with Crippen molar-refractivity contribution in [2.24, 2.45) is 0 Å². The molecule has 0 radical (unpaired) electrons. The fraction of sp³-hybridized carbons (Fsp3) is 0.613. The first-order valence-corrected chi connectivity index (χ1v) is 16.2. The fourth-order valence-electron chi connectivity index (χ4n) is 5.17. The van der Waals surface area contributed by atoms with Gasteiger partial charge in [0, 0.05) is 35.7 Å². The number of methoxy groups -OCH3 is 2. The van der Waals surface area contributed by atoms with E-state index in [0.29, 0.717) is 24.9 Å². The summed E-state index contributed by atoms with van der Waals surface area (Å²) >= 11 is 3.30. The molecule has 3 rings (SSSR count). The van der Waals surface area contributed by atoms with Crippen molar-refractivity contribution >= 4 is 23.5 Å². The van der Waals surface area contributed by atoms with Crippen molar-refractivity contribution in [3.8, 4) is 11.5 Å². The molecule has 41 heavy (non-hydrogen) atoms. The van der Waals surface area contributed by atoms with Crippen LogP contribution in [-0.4, -0.2) is 56.8 Å². The average Bonchev–Trinajstić information content (AvgIpc) is 2.95. The van der Waals surface area contributed by atoms with Crippen molar-refractivity contribution in [1.29, 1.82) is 0 Å². The Bertz CT molecular complexity index is 1060. The molecule has 0 saturated heterocycles. The first-order chi connectivity index (χ1) is 19.5. The molecule has 2 atom stereocenters. The van der Waals surface area contributed by atoms with Crippen LogP contribution < -0.4 is 9.47 Å². The lowest BCUT2D eigenvalue weighted by Crippen LogP contribution is -2.36. The minimum atomic E-state index is -5.46. The van der Waals surface area contributed by atoms with Gasteiger partial charge in [-0.15, -0.1) is 11.8 Å². The van der Waals surface area contributed by atoms with E-state index in [0.717, 1.165) is 55.1 Å². The number of hydrogen-bond donors (Lipinski definition) is 0. The quantitative estimate of drug-likeness (QED) is 0.130. The van der Waals surface area contributed by atoms with Crippen LogP contribution in [0.4, 0.5) is 22.0 Å². The molecule has 0 spiro atoms. The highest BCUT2D eigenvalue weighted by atomic mass is 32.2. The predicted octanol–water partition coefficient (Wildman–Crippen LogP) is 9.53. The molecule has 0 aromatic heterocycles. The Morgan fingerprint density at radius 2 is 1.51 bits per heavy atom. The number of halogens is 5. The van der Waals surface area contributed by atoms with Crippen LogP contribution in [0.2, 0.25) is 0 Å². The minimum Gasteiger partial charge on any atom is -0.497 e. The largest absolute Gasteiger partial charge is 0.497 e. The Morgan fingerprint density at radius 3 is 2.20 bits per heavy atom. The SMILES string of the molecule is COc1ccc([C@@]2(C)CSc3cc(OC)ccc3[C@H]2CCCOCCCCCSCCCC(F)(F)C(F)(F)F)cc1. The van der Waals surface area contributed by atoms with Crippen LogP contribution in [0.15, 0.2) is 47.4 Å². The van der Waals surface area contributed by atoms with E-state index < -0.39 is 18.5 Å². The number of alkyl halides is 5. The van der Waals surface area contributed by atoms with E-state index in [1.54, 1.807) is 14.2 Å². The van der Waals surface area contributed by atoms with E-state index in [9.17, 15) is 22.0 Å². The van der Waals surface area contributed by atoms with E-state index in [1.807, 2.05) is 30.0 Å². The maximum Gasteiger partial charge on any atom is 0.453 e. The van der Waals surface area contributed by atoms with Crippen LogP contribution in [0.25, 0.3) is 0 Å². The van der Waals surface area contributed by atoms with E-state index in [-0.39, 0.29) is 11.8 Å². The second kappa shape index (κ2) is 15.7. The van der Waals surface area contributed by atoms with Gasteiger partial charge < -0.3 is 14.2 Å². The van der Waals surface area contributed by atoms with Gasteiger partial charge in [0.15, 0.2) is 0 Å². The molecule has 0 bridgehead atoms. The summed E-state index contributed by atoms with van der Waals surface area (Å²) in [5.41, 5.74) is 2.60.